The molecule has 0 fully saturated rings. The van der Waals surface area contributed by atoms with Crippen molar-refractivity contribution in [2.45, 2.75) is 6.42 Å². The molecule has 0 saturated carbocycles. The van der Waals surface area contributed by atoms with Gasteiger partial charge in [-0.25, -0.2) is 0 Å². The molecule has 92 valence electrons. The zero-order valence-corrected chi connectivity index (χ0v) is 10.3. The molecule has 0 atom stereocenters. The van der Waals surface area contributed by atoms with E-state index in [2.05, 4.69) is 28.1 Å². The first-order valence-corrected chi connectivity index (χ1v) is 5.95. The Balaban J connectivity index is 2.07. The van der Waals surface area contributed by atoms with Crippen molar-refractivity contribution >= 4 is 17.2 Å². The van der Waals surface area contributed by atoms with E-state index in [-0.39, 0.29) is 0 Å². The second kappa shape index (κ2) is 4.22. The van der Waals surface area contributed by atoms with Crippen LogP contribution in [0.1, 0.15) is 5.56 Å². The minimum absolute atomic E-state index is 0.587. The van der Waals surface area contributed by atoms with Crippen molar-refractivity contribution in [2.75, 3.05) is 24.3 Å². The Morgan fingerprint density at radius 2 is 2.06 bits per heavy atom. The first-order chi connectivity index (χ1) is 8.79. The van der Waals surface area contributed by atoms with Gasteiger partial charge in [0.2, 0.25) is 5.88 Å². The van der Waals surface area contributed by atoms with E-state index >= 15 is 0 Å². The van der Waals surface area contributed by atoms with Crippen LogP contribution in [0.5, 0.6) is 5.88 Å². The number of nitrogens with two attached hydrogens (primary N) is 1. The fourth-order valence-corrected chi connectivity index (χ4v) is 2.33. The van der Waals surface area contributed by atoms with Gasteiger partial charge in [0, 0.05) is 18.3 Å². The van der Waals surface area contributed by atoms with E-state index in [4.69, 9.17) is 10.5 Å². The number of methoxy groups -OCH3 is 1. The number of fused-ring (bicyclic) bond motifs is 1. The van der Waals surface area contributed by atoms with Crippen LogP contribution in [0.25, 0.3) is 0 Å². The van der Waals surface area contributed by atoms with Gasteiger partial charge in [0.1, 0.15) is 0 Å². The molecule has 2 aromatic rings. The monoisotopic (exact) mass is 241 g/mol. The lowest BCUT2D eigenvalue weighted by molar-refractivity contribution is 0.398. The van der Waals surface area contributed by atoms with Crippen molar-refractivity contribution in [3.05, 3.63) is 42.0 Å². The summed E-state index contributed by atoms with van der Waals surface area (Å²) >= 11 is 0. The molecule has 0 unspecified atom stereocenters. The van der Waals surface area contributed by atoms with Gasteiger partial charge in [-0.1, -0.05) is 18.2 Å². The lowest BCUT2D eigenvalue weighted by atomic mass is 10.2. The molecule has 0 radical (unpaired) electrons. The normalized spacial score (nSPS) is 13.5. The van der Waals surface area contributed by atoms with E-state index in [1.165, 1.54) is 11.3 Å². The molecule has 1 aromatic heterocycles. The van der Waals surface area contributed by atoms with Gasteiger partial charge in [0.25, 0.3) is 0 Å². The Bertz CT molecular complexity index is 583. The standard InChI is InChI=1S/C14H15N3O/c1-18-13-7-6-11(15)14(16-13)17-9-8-10-4-2-3-5-12(10)17/h2-7H,8-9,15H2,1H3. The Hall–Kier alpha value is -2.23. The van der Waals surface area contributed by atoms with Crippen LogP contribution < -0.4 is 15.4 Å². The summed E-state index contributed by atoms with van der Waals surface area (Å²) in [5.74, 6) is 1.36. The van der Waals surface area contributed by atoms with Gasteiger partial charge in [0.05, 0.1) is 12.8 Å². The van der Waals surface area contributed by atoms with Crippen LogP contribution in [0.3, 0.4) is 0 Å². The SMILES string of the molecule is COc1ccc(N)c(N2CCc3ccccc32)n1. The molecule has 4 nitrogen and oxygen atoms in total. The number of pyridine rings is 1. The van der Waals surface area contributed by atoms with Crippen LogP contribution in [0.4, 0.5) is 17.2 Å². The fraction of sp³-hybridized carbons (Fsp3) is 0.214. The zero-order valence-electron chi connectivity index (χ0n) is 10.3. The lowest BCUT2D eigenvalue weighted by Crippen LogP contribution is -2.16. The summed E-state index contributed by atoms with van der Waals surface area (Å²) in [6.07, 6.45) is 1.02. The van der Waals surface area contributed by atoms with Crippen molar-refractivity contribution in [3.63, 3.8) is 0 Å². The maximum Gasteiger partial charge on any atom is 0.215 e. The highest BCUT2D eigenvalue weighted by atomic mass is 16.5. The Morgan fingerprint density at radius 1 is 1.22 bits per heavy atom. The molecule has 4 heteroatoms. The number of benzene rings is 1. The maximum atomic E-state index is 6.02. The predicted molar refractivity (Wildman–Crippen MR) is 72.4 cm³/mol. The Morgan fingerprint density at radius 3 is 2.89 bits per heavy atom. The number of nitrogen functional groups attached to an aromatic ring is 1. The number of aromatic nitrogens is 1. The van der Waals surface area contributed by atoms with Crippen molar-refractivity contribution in [2.24, 2.45) is 0 Å². The molecule has 0 bridgehead atoms. The largest absolute Gasteiger partial charge is 0.481 e. The van der Waals surface area contributed by atoms with Gasteiger partial charge in [-0.2, -0.15) is 4.98 Å². The molecule has 0 saturated heterocycles. The number of para-hydroxylation sites is 1. The molecule has 1 aliphatic rings. The number of rotatable bonds is 2. The van der Waals surface area contributed by atoms with E-state index in [1.54, 1.807) is 13.2 Å². The number of ether oxygens (including phenoxy) is 1. The van der Waals surface area contributed by atoms with E-state index in [1.807, 2.05) is 12.1 Å². The van der Waals surface area contributed by atoms with Gasteiger partial charge in [0.15, 0.2) is 5.82 Å². The number of hydrogen-bond acceptors (Lipinski definition) is 4. The summed E-state index contributed by atoms with van der Waals surface area (Å²) in [6, 6.07) is 12.0. The molecular formula is C14H15N3O. The van der Waals surface area contributed by atoms with Crippen molar-refractivity contribution in [3.8, 4) is 5.88 Å². The summed E-state index contributed by atoms with van der Waals surface area (Å²) in [7, 11) is 1.61. The third-order valence-electron chi connectivity index (χ3n) is 3.23. The second-order valence-electron chi connectivity index (χ2n) is 4.30. The first kappa shape index (κ1) is 10.9. The number of hydrogen-bond donors (Lipinski definition) is 1. The average molecular weight is 241 g/mol. The highest BCUT2D eigenvalue weighted by Crippen LogP contribution is 2.36. The smallest absolute Gasteiger partial charge is 0.215 e. The molecule has 0 spiro atoms. The molecule has 1 aliphatic heterocycles. The van der Waals surface area contributed by atoms with E-state index in [9.17, 15) is 0 Å². The summed E-state index contributed by atoms with van der Waals surface area (Å²) in [5.41, 5.74) is 9.21. The molecule has 0 aliphatic carbocycles. The average Bonchev–Trinajstić information content (AvgIpc) is 2.83. The van der Waals surface area contributed by atoms with Gasteiger partial charge in [-0.3, -0.25) is 0 Å². The number of nitrogens with zero attached hydrogens (tertiary/aromatic N) is 2. The summed E-state index contributed by atoms with van der Waals surface area (Å²) in [4.78, 5) is 6.60. The maximum absolute atomic E-state index is 6.02. The van der Waals surface area contributed by atoms with Crippen molar-refractivity contribution in [1.82, 2.24) is 4.98 Å². The quantitative estimate of drug-likeness (QED) is 0.877. The van der Waals surface area contributed by atoms with Crippen LogP contribution in [-0.4, -0.2) is 18.6 Å². The first-order valence-electron chi connectivity index (χ1n) is 5.95. The summed E-state index contributed by atoms with van der Waals surface area (Å²) in [6.45, 7) is 0.906. The van der Waals surface area contributed by atoms with Gasteiger partial charge < -0.3 is 15.4 Å². The van der Waals surface area contributed by atoms with Crippen LogP contribution in [0.15, 0.2) is 36.4 Å². The van der Waals surface area contributed by atoms with Gasteiger partial charge in [-0.05, 0) is 24.1 Å². The minimum Gasteiger partial charge on any atom is -0.481 e. The predicted octanol–water partition coefficient (Wildman–Crippen LogP) is 2.37. The molecule has 3 rings (SSSR count). The van der Waals surface area contributed by atoms with Crippen LogP contribution in [0.2, 0.25) is 0 Å². The van der Waals surface area contributed by atoms with Gasteiger partial charge >= 0.3 is 0 Å². The summed E-state index contributed by atoms with van der Waals surface area (Å²) in [5, 5.41) is 0. The van der Waals surface area contributed by atoms with Crippen molar-refractivity contribution < 1.29 is 4.74 Å². The molecule has 0 amide bonds. The van der Waals surface area contributed by atoms with Crippen molar-refractivity contribution in [1.29, 1.82) is 0 Å². The van der Waals surface area contributed by atoms with E-state index < -0.39 is 0 Å². The molecule has 1 aromatic carbocycles. The fourth-order valence-electron chi connectivity index (χ4n) is 2.33. The highest BCUT2D eigenvalue weighted by molar-refractivity contribution is 5.75. The molecular weight excluding hydrogens is 226 g/mol. The topological polar surface area (TPSA) is 51.4 Å². The van der Waals surface area contributed by atoms with E-state index in [0.29, 0.717) is 11.6 Å². The minimum atomic E-state index is 0.587. The van der Waals surface area contributed by atoms with Crippen LogP contribution in [-0.2, 0) is 6.42 Å². The third-order valence-corrected chi connectivity index (χ3v) is 3.23. The third kappa shape index (κ3) is 1.66. The zero-order chi connectivity index (χ0) is 12.5. The molecule has 2 N–H and O–H groups in total. The number of anilines is 3. The molecule has 18 heavy (non-hydrogen) atoms. The van der Waals surface area contributed by atoms with E-state index in [0.717, 1.165) is 18.8 Å². The molecule has 2 heterocycles. The van der Waals surface area contributed by atoms with Crippen LogP contribution in [0, 0.1) is 0 Å². The lowest BCUT2D eigenvalue weighted by Gasteiger charge is -2.20. The Labute approximate surface area is 106 Å². The highest BCUT2D eigenvalue weighted by Gasteiger charge is 2.22. The summed E-state index contributed by atoms with van der Waals surface area (Å²) < 4.78 is 5.16. The van der Waals surface area contributed by atoms with Crippen LogP contribution >= 0.6 is 0 Å². The van der Waals surface area contributed by atoms with Gasteiger partial charge in [-0.15, -0.1) is 0 Å². The second-order valence-corrected chi connectivity index (χ2v) is 4.30. The Kier molecular flexibility index (Phi) is 2.55.